The van der Waals surface area contributed by atoms with E-state index in [0.717, 1.165) is 66.8 Å². The van der Waals surface area contributed by atoms with Gasteiger partial charge in [-0.1, -0.05) is 42.5 Å². The van der Waals surface area contributed by atoms with Gasteiger partial charge < -0.3 is 18.8 Å². The van der Waals surface area contributed by atoms with E-state index in [9.17, 15) is 4.79 Å². The minimum absolute atomic E-state index is 0.148. The first-order valence-corrected chi connectivity index (χ1v) is 12.5. The number of pyridine rings is 1. The number of fused-ring (bicyclic) bond motifs is 2. The summed E-state index contributed by atoms with van der Waals surface area (Å²) in [5.74, 6) is 1.49. The summed E-state index contributed by atoms with van der Waals surface area (Å²) in [5.41, 5.74) is 5.33. The van der Waals surface area contributed by atoms with Gasteiger partial charge in [-0.15, -0.1) is 0 Å². The van der Waals surface area contributed by atoms with Crippen molar-refractivity contribution in [2.75, 3.05) is 33.0 Å². The summed E-state index contributed by atoms with van der Waals surface area (Å²) in [4.78, 5) is 22.7. The van der Waals surface area contributed by atoms with Crippen LogP contribution in [0.25, 0.3) is 5.65 Å². The molecule has 4 heterocycles. The van der Waals surface area contributed by atoms with Crippen molar-refractivity contribution >= 4 is 11.6 Å². The predicted molar refractivity (Wildman–Crippen MR) is 137 cm³/mol. The van der Waals surface area contributed by atoms with E-state index in [2.05, 4.69) is 51.5 Å². The molecule has 1 unspecified atom stereocenters. The van der Waals surface area contributed by atoms with Gasteiger partial charge in [0.05, 0.1) is 5.69 Å². The number of piperazine rings is 1. The van der Waals surface area contributed by atoms with Gasteiger partial charge in [-0.25, -0.2) is 4.98 Å². The van der Waals surface area contributed by atoms with Crippen LogP contribution in [0.4, 0.5) is 0 Å². The van der Waals surface area contributed by atoms with Crippen molar-refractivity contribution in [1.82, 2.24) is 19.2 Å². The van der Waals surface area contributed by atoms with Gasteiger partial charge in [-0.2, -0.15) is 0 Å². The molecule has 2 aliphatic rings. The molecule has 1 saturated heterocycles. The first kappa shape index (κ1) is 22.6. The van der Waals surface area contributed by atoms with Gasteiger partial charge in [0.2, 0.25) is 12.7 Å². The summed E-state index contributed by atoms with van der Waals surface area (Å²) < 4.78 is 13.3. The van der Waals surface area contributed by atoms with Crippen LogP contribution in [-0.2, 0) is 11.3 Å². The van der Waals surface area contributed by atoms with Crippen LogP contribution in [0, 0.1) is 6.92 Å². The van der Waals surface area contributed by atoms with Crippen LogP contribution in [0.5, 0.6) is 11.5 Å². The number of aromatic nitrogens is 2. The lowest BCUT2D eigenvalue weighted by Gasteiger charge is -2.35. The third-order valence-corrected chi connectivity index (χ3v) is 7.26. The Labute approximate surface area is 210 Å². The Morgan fingerprint density at radius 1 is 0.944 bits per heavy atom. The first-order valence-electron chi connectivity index (χ1n) is 12.5. The minimum Gasteiger partial charge on any atom is -0.454 e. The summed E-state index contributed by atoms with van der Waals surface area (Å²) in [6, 6.07) is 22.6. The quantitative estimate of drug-likeness (QED) is 0.412. The van der Waals surface area contributed by atoms with Gasteiger partial charge in [0.15, 0.2) is 11.5 Å². The molecule has 2 aliphatic heterocycles. The zero-order valence-corrected chi connectivity index (χ0v) is 20.5. The van der Waals surface area contributed by atoms with Crippen molar-refractivity contribution in [3.63, 3.8) is 0 Å². The molecule has 2 aromatic heterocycles. The number of aryl methyl sites for hydroxylation is 1. The van der Waals surface area contributed by atoms with Crippen LogP contribution in [0.1, 0.15) is 34.9 Å². The normalized spacial score (nSPS) is 16.4. The molecular weight excluding hydrogens is 452 g/mol. The fourth-order valence-corrected chi connectivity index (χ4v) is 5.30. The van der Waals surface area contributed by atoms with Gasteiger partial charge >= 0.3 is 0 Å². The maximum atomic E-state index is 13.6. The predicted octanol–water partition coefficient (Wildman–Crippen LogP) is 4.24. The molecule has 1 fully saturated rings. The van der Waals surface area contributed by atoms with E-state index < -0.39 is 0 Å². The van der Waals surface area contributed by atoms with Gasteiger partial charge in [0.25, 0.3) is 0 Å². The van der Waals surface area contributed by atoms with E-state index in [0.29, 0.717) is 6.42 Å². The van der Waals surface area contributed by atoms with E-state index in [4.69, 9.17) is 9.47 Å². The van der Waals surface area contributed by atoms with Crippen LogP contribution in [0.2, 0.25) is 0 Å². The lowest BCUT2D eigenvalue weighted by Crippen LogP contribution is -2.48. The molecule has 1 amide bonds. The molecule has 36 heavy (non-hydrogen) atoms. The highest BCUT2D eigenvalue weighted by Gasteiger charge is 2.28. The molecule has 1 atom stereocenters. The summed E-state index contributed by atoms with van der Waals surface area (Å²) in [5, 5.41) is 0. The first-order chi connectivity index (χ1) is 17.7. The monoisotopic (exact) mass is 482 g/mol. The van der Waals surface area contributed by atoms with E-state index in [1.807, 2.05) is 47.5 Å². The number of imidazole rings is 1. The zero-order valence-electron chi connectivity index (χ0n) is 20.5. The van der Waals surface area contributed by atoms with Crippen molar-refractivity contribution in [3.8, 4) is 11.5 Å². The van der Waals surface area contributed by atoms with Gasteiger partial charge in [-0.05, 0) is 42.3 Å². The number of amides is 1. The molecule has 6 rings (SSSR count). The molecule has 184 valence electrons. The number of hydrogen-bond donors (Lipinski definition) is 0. The Morgan fingerprint density at radius 2 is 1.75 bits per heavy atom. The van der Waals surface area contributed by atoms with Crippen LogP contribution in [0.15, 0.2) is 72.9 Å². The van der Waals surface area contributed by atoms with Crippen LogP contribution >= 0.6 is 0 Å². The van der Waals surface area contributed by atoms with Crippen molar-refractivity contribution in [2.45, 2.75) is 25.8 Å². The van der Waals surface area contributed by atoms with Gasteiger partial charge in [0.1, 0.15) is 5.65 Å². The minimum atomic E-state index is -0.148. The highest BCUT2D eigenvalue weighted by atomic mass is 16.7. The van der Waals surface area contributed by atoms with E-state index in [1.165, 1.54) is 5.56 Å². The molecule has 0 aliphatic carbocycles. The number of carbonyl (C=O) groups excluding carboxylic acids is 1. The number of nitrogens with zero attached hydrogens (tertiary/aromatic N) is 4. The molecule has 0 spiro atoms. The van der Waals surface area contributed by atoms with E-state index in [-0.39, 0.29) is 18.6 Å². The highest BCUT2D eigenvalue weighted by molar-refractivity contribution is 5.78. The lowest BCUT2D eigenvalue weighted by molar-refractivity contribution is -0.133. The van der Waals surface area contributed by atoms with Crippen molar-refractivity contribution in [1.29, 1.82) is 0 Å². The van der Waals surface area contributed by atoms with Crippen LogP contribution in [0.3, 0.4) is 0 Å². The number of rotatable bonds is 6. The smallest absolute Gasteiger partial charge is 0.231 e. The average Bonchev–Trinajstić information content (AvgIpc) is 3.56. The van der Waals surface area contributed by atoms with E-state index in [1.54, 1.807) is 0 Å². The molecule has 0 bridgehead atoms. The fourth-order valence-electron chi connectivity index (χ4n) is 5.30. The molecular formula is C29H30N4O3. The average molecular weight is 483 g/mol. The Hall–Kier alpha value is -3.84. The standard InChI is InChI=1S/C29H30N4O3/c1-21-6-5-9-28-30-18-25(33(21)28)24(23-10-11-26-27(16-23)36-20-35-26)17-29(34)32-14-12-31(13-15-32)19-22-7-3-2-4-8-22/h2-11,16,18,24H,12-15,17,19-20H2,1H3. The van der Waals surface area contributed by atoms with E-state index >= 15 is 0 Å². The fraction of sp³-hybridized carbons (Fsp3) is 0.310. The second-order valence-electron chi connectivity index (χ2n) is 9.56. The molecule has 0 saturated carbocycles. The Morgan fingerprint density at radius 3 is 2.58 bits per heavy atom. The van der Waals surface area contributed by atoms with Crippen LogP contribution in [-0.4, -0.2) is 58.1 Å². The summed E-state index contributed by atoms with van der Waals surface area (Å²) in [6.45, 7) is 6.46. The second-order valence-corrected chi connectivity index (χ2v) is 9.56. The van der Waals surface area contributed by atoms with Crippen molar-refractivity contribution in [3.05, 3.63) is 95.4 Å². The number of benzene rings is 2. The Balaban J connectivity index is 1.23. The molecule has 2 aromatic carbocycles. The number of carbonyl (C=O) groups is 1. The topological polar surface area (TPSA) is 59.3 Å². The zero-order chi connectivity index (χ0) is 24.5. The maximum absolute atomic E-state index is 13.6. The van der Waals surface area contributed by atoms with Crippen molar-refractivity contribution in [2.24, 2.45) is 0 Å². The second kappa shape index (κ2) is 9.66. The molecule has 7 nitrogen and oxygen atoms in total. The number of hydrogen-bond acceptors (Lipinski definition) is 5. The van der Waals surface area contributed by atoms with Crippen molar-refractivity contribution < 1.29 is 14.3 Å². The summed E-state index contributed by atoms with van der Waals surface area (Å²) in [6.07, 6.45) is 2.28. The van der Waals surface area contributed by atoms with Crippen LogP contribution < -0.4 is 9.47 Å². The van der Waals surface area contributed by atoms with Gasteiger partial charge in [-0.3, -0.25) is 9.69 Å². The highest BCUT2D eigenvalue weighted by Crippen LogP contribution is 2.38. The molecule has 0 N–H and O–H groups in total. The SMILES string of the molecule is Cc1cccc2ncc(C(CC(=O)N3CCN(Cc4ccccc4)CC3)c3ccc4c(c3)OCO4)n12. The molecule has 4 aromatic rings. The maximum Gasteiger partial charge on any atom is 0.231 e. The molecule has 0 radical (unpaired) electrons. The summed E-state index contributed by atoms with van der Waals surface area (Å²) in [7, 11) is 0. The largest absolute Gasteiger partial charge is 0.454 e. The Kier molecular flexibility index (Phi) is 6.07. The lowest BCUT2D eigenvalue weighted by atomic mass is 9.91. The van der Waals surface area contributed by atoms with Gasteiger partial charge in [0, 0.05) is 57.0 Å². The third kappa shape index (κ3) is 4.42. The third-order valence-electron chi connectivity index (χ3n) is 7.26. The molecule has 7 heteroatoms. The summed E-state index contributed by atoms with van der Waals surface area (Å²) >= 11 is 0. The Bertz CT molecular complexity index is 1380. The number of ether oxygens (including phenoxy) is 2.